The van der Waals surface area contributed by atoms with Gasteiger partial charge in [0.1, 0.15) is 6.54 Å². The lowest BCUT2D eigenvalue weighted by molar-refractivity contribution is -0.157. The number of nitrogens with one attached hydrogen (secondary N) is 2. The average Bonchev–Trinajstić information content (AvgIpc) is 2.45. The van der Waals surface area contributed by atoms with E-state index < -0.39 is 18.6 Å². The molecule has 0 aliphatic carbocycles. The van der Waals surface area contributed by atoms with Crippen molar-refractivity contribution in [2.75, 3.05) is 33.7 Å². The van der Waals surface area contributed by atoms with Crippen LogP contribution in [0.2, 0.25) is 0 Å². The standard InChI is InChI=1S/C16H31F3N4O/c1-6-7-8-9-15(2,3)11-22-14(20-4)21-10-13(24)23(5)12-16(17,18)19/h6-12H2,1-5H3,(H2,20,21,22). The van der Waals surface area contributed by atoms with Crippen LogP contribution in [0.1, 0.15) is 46.5 Å². The molecule has 0 radical (unpaired) electrons. The number of halogens is 3. The number of hydrogen-bond acceptors (Lipinski definition) is 2. The molecule has 0 aliphatic heterocycles. The third-order valence-corrected chi connectivity index (χ3v) is 3.66. The summed E-state index contributed by atoms with van der Waals surface area (Å²) in [5.41, 5.74) is 0.0733. The summed E-state index contributed by atoms with van der Waals surface area (Å²) in [5.74, 6) is -0.232. The first-order valence-electron chi connectivity index (χ1n) is 8.26. The maximum absolute atomic E-state index is 12.3. The molecule has 0 unspecified atom stereocenters. The summed E-state index contributed by atoms with van der Waals surface area (Å²) in [6, 6.07) is 0. The Morgan fingerprint density at radius 1 is 1.17 bits per heavy atom. The Hall–Kier alpha value is -1.47. The van der Waals surface area contributed by atoms with Crippen molar-refractivity contribution in [1.29, 1.82) is 0 Å². The van der Waals surface area contributed by atoms with Crippen LogP contribution in [0.3, 0.4) is 0 Å². The fraction of sp³-hybridized carbons (Fsp3) is 0.875. The van der Waals surface area contributed by atoms with Crippen molar-refractivity contribution in [3.05, 3.63) is 0 Å². The van der Waals surface area contributed by atoms with Gasteiger partial charge in [-0.2, -0.15) is 13.2 Å². The molecule has 0 atom stereocenters. The number of unbranched alkanes of at least 4 members (excludes halogenated alkanes) is 2. The van der Waals surface area contributed by atoms with Crippen molar-refractivity contribution in [2.24, 2.45) is 10.4 Å². The largest absolute Gasteiger partial charge is 0.406 e. The maximum Gasteiger partial charge on any atom is 0.406 e. The minimum atomic E-state index is -4.40. The van der Waals surface area contributed by atoms with Crippen LogP contribution in [0.15, 0.2) is 4.99 Å². The van der Waals surface area contributed by atoms with Gasteiger partial charge in [-0.25, -0.2) is 0 Å². The van der Waals surface area contributed by atoms with E-state index in [1.807, 2.05) is 0 Å². The van der Waals surface area contributed by atoms with Gasteiger partial charge < -0.3 is 15.5 Å². The van der Waals surface area contributed by atoms with Gasteiger partial charge in [0, 0.05) is 20.6 Å². The number of guanidine groups is 1. The van der Waals surface area contributed by atoms with E-state index in [0.29, 0.717) is 17.4 Å². The van der Waals surface area contributed by atoms with Crippen LogP contribution in [0.5, 0.6) is 0 Å². The number of carbonyl (C=O) groups is 1. The van der Waals surface area contributed by atoms with Crippen LogP contribution >= 0.6 is 0 Å². The van der Waals surface area contributed by atoms with E-state index in [0.717, 1.165) is 19.9 Å². The molecular formula is C16H31F3N4O. The molecule has 0 fully saturated rings. The van der Waals surface area contributed by atoms with Gasteiger partial charge in [-0.1, -0.05) is 40.0 Å². The highest BCUT2D eigenvalue weighted by molar-refractivity contribution is 5.86. The van der Waals surface area contributed by atoms with Crippen LogP contribution in [0, 0.1) is 5.41 Å². The second-order valence-electron chi connectivity index (χ2n) is 6.77. The SMILES string of the molecule is CCCCCC(C)(C)CNC(=NC)NCC(=O)N(C)CC(F)(F)F. The number of likely N-dealkylation sites (N-methyl/N-ethyl adjacent to an activating group) is 1. The van der Waals surface area contributed by atoms with E-state index in [-0.39, 0.29) is 12.0 Å². The van der Waals surface area contributed by atoms with Crippen LogP contribution in [0.4, 0.5) is 13.2 Å². The molecule has 24 heavy (non-hydrogen) atoms. The number of hydrogen-bond donors (Lipinski definition) is 2. The normalized spacial score (nSPS) is 12.9. The number of amides is 1. The zero-order valence-corrected chi connectivity index (χ0v) is 15.4. The zero-order chi connectivity index (χ0) is 18.8. The van der Waals surface area contributed by atoms with E-state index in [1.54, 1.807) is 7.05 Å². The molecule has 0 aromatic rings. The third-order valence-electron chi connectivity index (χ3n) is 3.66. The smallest absolute Gasteiger partial charge is 0.356 e. The van der Waals surface area contributed by atoms with Crippen molar-refractivity contribution in [3.63, 3.8) is 0 Å². The Bertz CT molecular complexity index is 409. The zero-order valence-electron chi connectivity index (χ0n) is 15.4. The summed E-state index contributed by atoms with van der Waals surface area (Å²) >= 11 is 0. The number of rotatable bonds is 9. The molecule has 0 heterocycles. The van der Waals surface area contributed by atoms with Crippen molar-refractivity contribution < 1.29 is 18.0 Å². The van der Waals surface area contributed by atoms with Crippen molar-refractivity contribution in [2.45, 2.75) is 52.6 Å². The number of aliphatic imine (C=N–C) groups is 1. The average molecular weight is 352 g/mol. The van der Waals surface area contributed by atoms with Crippen LogP contribution in [-0.2, 0) is 4.79 Å². The lowest BCUT2D eigenvalue weighted by Crippen LogP contribution is -2.47. The monoisotopic (exact) mass is 352 g/mol. The predicted molar refractivity (Wildman–Crippen MR) is 91.0 cm³/mol. The Balaban J connectivity index is 4.26. The molecular weight excluding hydrogens is 321 g/mol. The van der Waals surface area contributed by atoms with Gasteiger partial charge in [0.2, 0.25) is 5.91 Å². The van der Waals surface area contributed by atoms with E-state index in [2.05, 4.69) is 36.4 Å². The number of nitrogens with zero attached hydrogens (tertiary/aromatic N) is 2. The molecule has 0 aromatic heterocycles. The first kappa shape index (κ1) is 22.5. The fourth-order valence-electron chi connectivity index (χ4n) is 2.14. The van der Waals surface area contributed by atoms with Gasteiger partial charge in [-0.05, 0) is 11.8 Å². The Morgan fingerprint density at radius 3 is 2.29 bits per heavy atom. The van der Waals surface area contributed by atoms with E-state index in [4.69, 9.17) is 0 Å². The summed E-state index contributed by atoms with van der Waals surface area (Å²) in [6.45, 7) is 5.62. The maximum atomic E-state index is 12.3. The quantitative estimate of drug-likeness (QED) is 0.381. The first-order valence-corrected chi connectivity index (χ1v) is 8.26. The van der Waals surface area contributed by atoms with Gasteiger partial charge in [0.25, 0.3) is 0 Å². The fourth-order valence-corrected chi connectivity index (χ4v) is 2.14. The first-order chi connectivity index (χ1) is 11.0. The molecule has 0 saturated carbocycles. The molecule has 0 aliphatic rings. The third kappa shape index (κ3) is 11.1. The van der Waals surface area contributed by atoms with E-state index >= 15 is 0 Å². The highest BCUT2D eigenvalue weighted by atomic mass is 19.4. The van der Waals surface area contributed by atoms with Crippen molar-refractivity contribution >= 4 is 11.9 Å². The van der Waals surface area contributed by atoms with Crippen LogP contribution < -0.4 is 10.6 Å². The topological polar surface area (TPSA) is 56.7 Å². The molecule has 0 saturated heterocycles. The summed E-state index contributed by atoms with van der Waals surface area (Å²) in [4.78, 5) is 16.3. The minimum Gasteiger partial charge on any atom is -0.356 e. The molecule has 0 rings (SSSR count). The highest BCUT2D eigenvalue weighted by Gasteiger charge is 2.31. The second-order valence-corrected chi connectivity index (χ2v) is 6.77. The minimum absolute atomic E-state index is 0.0733. The van der Waals surface area contributed by atoms with Crippen molar-refractivity contribution in [1.82, 2.24) is 15.5 Å². The van der Waals surface area contributed by atoms with Gasteiger partial charge >= 0.3 is 6.18 Å². The van der Waals surface area contributed by atoms with E-state index in [9.17, 15) is 18.0 Å². The summed E-state index contributed by atoms with van der Waals surface area (Å²) < 4.78 is 36.8. The van der Waals surface area contributed by atoms with Gasteiger partial charge in [0.15, 0.2) is 5.96 Å². The molecule has 0 spiro atoms. The Kier molecular flexibility index (Phi) is 9.77. The van der Waals surface area contributed by atoms with Gasteiger partial charge in [-0.3, -0.25) is 9.79 Å². The highest BCUT2D eigenvalue weighted by Crippen LogP contribution is 2.22. The number of carbonyl (C=O) groups excluding carboxylic acids is 1. The second kappa shape index (κ2) is 10.4. The van der Waals surface area contributed by atoms with Gasteiger partial charge in [-0.15, -0.1) is 0 Å². The van der Waals surface area contributed by atoms with E-state index in [1.165, 1.54) is 12.8 Å². The molecule has 1 amide bonds. The van der Waals surface area contributed by atoms with Crippen LogP contribution in [-0.4, -0.2) is 56.7 Å². The van der Waals surface area contributed by atoms with Gasteiger partial charge in [0.05, 0.1) is 6.54 Å². The molecule has 0 bridgehead atoms. The predicted octanol–water partition coefficient (Wildman–Crippen LogP) is 2.78. The summed E-state index contributed by atoms with van der Waals surface area (Å²) in [5, 5.41) is 5.88. The number of alkyl halides is 3. The Labute approximate surface area is 143 Å². The Morgan fingerprint density at radius 2 is 1.79 bits per heavy atom. The summed E-state index contributed by atoms with van der Waals surface area (Å²) in [6.07, 6.45) is 0.180. The summed E-state index contributed by atoms with van der Waals surface area (Å²) in [7, 11) is 2.69. The molecule has 2 N–H and O–H groups in total. The van der Waals surface area contributed by atoms with Crippen molar-refractivity contribution in [3.8, 4) is 0 Å². The lowest BCUT2D eigenvalue weighted by Gasteiger charge is -2.26. The lowest BCUT2D eigenvalue weighted by atomic mass is 9.87. The molecule has 142 valence electrons. The van der Waals surface area contributed by atoms with Crippen LogP contribution in [0.25, 0.3) is 0 Å². The molecule has 5 nitrogen and oxygen atoms in total. The molecule has 0 aromatic carbocycles. The molecule has 8 heteroatoms.